The molecule has 11 heteroatoms. The van der Waals surface area contributed by atoms with Crippen molar-refractivity contribution >= 4 is 34.9 Å². The van der Waals surface area contributed by atoms with Crippen LogP contribution in [-0.2, 0) is 16.0 Å². The van der Waals surface area contributed by atoms with E-state index in [2.05, 4.69) is 15.5 Å². The van der Waals surface area contributed by atoms with E-state index in [1.807, 2.05) is 36.1 Å². The zero-order valence-electron chi connectivity index (χ0n) is 18.4. The molecule has 5 rings (SSSR count). The molecule has 34 heavy (non-hydrogen) atoms. The summed E-state index contributed by atoms with van der Waals surface area (Å²) in [5.74, 6) is -0.700. The summed E-state index contributed by atoms with van der Waals surface area (Å²) in [5, 5.41) is 15.9. The lowest BCUT2D eigenvalue weighted by Crippen LogP contribution is -2.74. The lowest BCUT2D eigenvalue weighted by molar-refractivity contribution is -0.384. The average Bonchev–Trinajstić information content (AvgIpc) is 2.82. The van der Waals surface area contributed by atoms with Crippen LogP contribution in [0.3, 0.4) is 0 Å². The van der Waals surface area contributed by atoms with E-state index in [-0.39, 0.29) is 12.1 Å². The predicted molar refractivity (Wildman–Crippen MR) is 122 cm³/mol. The van der Waals surface area contributed by atoms with Gasteiger partial charge in [0.05, 0.1) is 23.3 Å². The van der Waals surface area contributed by atoms with Gasteiger partial charge in [0.15, 0.2) is 5.41 Å². The minimum Gasteiger partial charge on any atom is -0.492 e. The summed E-state index contributed by atoms with van der Waals surface area (Å²) in [6.45, 7) is 3.75. The molecule has 0 bridgehead atoms. The minimum absolute atomic E-state index is 0.0585. The van der Waals surface area contributed by atoms with Crippen molar-refractivity contribution in [1.29, 1.82) is 0 Å². The number of imide groups is 2. The van der Waals surface area contributed by atoms with E-state index in [0.29, 0.717) is 37.6 Å². The Morgan fingerprint density at radius 3 is 2.53 bits per heavy atom. The number of ether oxygens (including phenoxy) is 1. The number of benzene rings is 2. The van der Waals surface area contributed by atoms with Gasteiger partial charge in [0.1, 0.15) is 5.75 Å². The third-order valence-electron chi connectivity index (χ3n) is 6.77. The Morgan fingerprint density at radius 1 is 1.09 bits per heavy atom. The molecule has 1 spiro atoms. The Balaban J connectivity index is 1.61. The van der Waals surface area contributed by atoms with Crippen LogP contribution in [0, 0.1) is 15.5 Å². The molecule has 1 atom stereocenters. The van der Waals surface area contributed by atoms with Crippen LogP contribution >= 0.6 is 0 Å². The number of para-hydroxylation sites is 2. The molecule has 4 amide bonds. The number of rotatable bonds is 4. The number of piperazine rings is 1. The molecule has 2 N–H and O–H groups in total. The second-order valence-electron chi connectivity index (χ2n) is 8.51. The van der Waals surface area contributed by atoms with Crippen LogP contribution < -0.4 is 25.2 Å². The SMILES string of the molecule is CCOc1ccccc1N1CCN2c3ccc([N+](=O)[O-])cc3CC3(C(=O)NC(=O)NC3=O)C2C1. The number of nitro groups is 1. The Morgan fingerprint density at radius 2 is 1.82 bits per heavy atom. The monoisotopic (exact) mass is 465 g/mol. The van der Waals surface area contributed by atoms with Crippen LogP contribution in [0.25, 0.3) is 0 Å². The molecule has 0 aromatic heterocycles. The van der Waals surface area contributed by atoms with Gasteiger partial charge in [-0.1, -0.05) is 12.1 Å². The number of urea groups is 1. The normalized spacial score (nSPS) is 20.9. The number of amides is 4. The van der Waals surface area contributed by atoms with E-state index in [4.69, 9.17) is 4.74 Å². The zero-order valence-corrected chi connectivity index (χ0v) is 18.4. The van der Waals surface area contributed by atoms with Crippen molar-refractivity contribution in [2.24, 2.45) is 5.41 Å². The van der Waals surface area contributed by atoms with Crippen LogP contribution in [0.1, 0.15) is 12.5 Å². The summed E-state index contributed by atoms with van der Waals surface area (Å²) < 4.78 is 5.79. The molecule has 2 saturated heterocycles. The molecule has 11 nitrogen and oxygen atoms in total. The van der Waals surface area contributed by atoms with Crippen molar-refractivity contribution < 1.29 is 24.0 Å². The number of carbonyl (C=O) groups is 3. The van der Waals surface area contributed by atoms with Crippen LogP contribution in [-0.4, -0.2) is 55.1 Å². The maximum Gasteiger partial charge on any atom is 0.328 e. The van der Waals surface area contributed by atoms with Crippen molar-refractivity contribution in [3.05, 3.63) is 58.1 Å². The number of anilines is 2. The molecule has 2 aromatic carbocycles. The molecule has 2 fully saturated rings. The van der Waals surface area contributed by atoms with E-state index in [1.54, 1.807) is 6.07 Å². The first kappa shape index (κ1) is 21.7. The number of nitrogens with one attached hydrogen (secondary N) is 2. The summed E-state index contributed by atoms with van der Waals surface area (Å²) in [6, 6.07) is 10.6. The molecule has 3 aliphatic rings. The maximum absolute atomic E-state index is 13.3. The highest BCUT2D eigenvalue weighted by Gasteiger charge is 2.61. The lowest BCUT2D eigenvalue weighted by atomic mass is 9.68. The van der Waals surface area contributed by atoms with Crippen LogP contribution in [0.15, 0.2) is 42.5 Å². The summed E-state index contributed by atoms with van der Waals surface area (Å²) in [7, 11) is 0. The fourth-order valence-corrected chi connectivity index (χ4v) is 5.26. The van der Waals surface area contributed by atoms with E-state index in [9.17, 15) is 24.5 Å². The first-order valence-corrected chi connectivity index (χ1v) is 11.0. The van der Waals surface area contributed by atoms with Gasteiger partial charge in [-0.3, -0.25) is 30.3 Å². The number of carbonyl (C=O) groups excluding carboxylic acids is 3. The van der Waals surface area contributed by atoms with E-state index in [0.717, 1.165) is 11.4 Å². The quantitative estimate of drug-likeness (QED) is 0.395. The number of hydrogen-bond acceptors (Lipinski definition) is 8. The molecule has 0 aliphatic carbocycles. The first-order chi connectivity index (χ1) is 16.3. The fourth-order valence-electron chi connectivity index (χ4n) is 5.26. The standard InChI is InChI=1S/C23H23N5O6/c1-2-34-18-6-4-3-5-17(18)26-9-10-27-16-8-7-15(28(32)33)11-14(16)12-23(19(27)13-26)20(29)24-22(31)25-21(23)30/h3-8,11,19H,2,9-10,12-13H2,1H3,(H2,24,25,29,30,31). The van der Waals surface area contributed by atoms with Gasteiger partial charge < -0.3 is 14.5 Å². The fraction of sp³-hybridized carbons (Fsp3) is 0.348. The van der Waals surface area contributed by atoms with Crippen LogP contribution in [0.2, 0.25) is 0 Å². The summed E-state index contributed by atoms with van der Waals surface area (Å²) in [4.78, 5) is 53.3. The third-order valence-corrected chi connectivity index (χ3v) is 6.77. The van der Waals surface area contributed by atoms with Gasteiger partial charge >= 0.3 is 6.03 Å². The average molecular weight is 465 g/mol. The van der Waals surface area contributed by atoms with Crippen molar-refractivity contribution in [2.45, 2.75) is 19.4 Å². The van der Waals surface area contributed by atoms with Gasteiger partial charge in [-0.15, -0.1) is 0 Å². The molecule has 3 aliphatic heterocycles. The highest BCUT2D eigenvalue weighted by atomic mass is 16.6. The van der Waals surface area contributed by atoms with E-state index >= 15 is 0 Å². The van der Waals surface area contributed by atoms with Crippen molar-refractivity contribution in [1.82, 2.24) is 10.6 Å². The second-order valence-corrected chi connectivity index (χ2v) is 8.51. The molecule has 0 radical (unpaired) electrons. The number of nitro benzene ring substituents is 1. The Bertz CT molecular complexity index is 1190. The predicted octanol–water partition coefficient (Wildman–Crippen LogP) is 1.60. The number of hydrogen-bond donors (Lipinski definition) is 2. The van der Waals surface area contributed by atoms with Gasteiger partial charge in [-0.05, 0) is 30.7 Å². The first-order valence-electron chi connectivity index (χ1n) is 11.0. The maximum atomic E-state index is 13.3. The molecule has 0 saturated carbocycles. The second kappa shape index (κ2) is 8.01. The number of fused-ring (bicyclic) bond motifs is 4. The number of nitrogens with zero attached hydrogens (tertiary/aromatic N) is 3. The molecule has 176 valence electrons. The molecule has 3 heterocycles. The van der Waals surface area contributed by atoms with Crippen LogP contribution in [0.5, 0.6) is 5.75 Å². The van der Waals surface area contributed by atoms with Gasteiger partial charge in [-0.2, -0.15) is 0 Å². The highest BCUT2D eigenvalue weighted by molar-refractivity contribution is 6.20. The van der Waals surface area contributed by atoms with Gasteiger partial charge in [0, 0.05) is 43.9 Å². The Hall–Kier alpha value is -4.15. The smallest absolute Gasteiger partial charge is 0.328 e. The van der Waals surface area contributed by atoms with Crippen molar-refractivity contribution in [2.75, 3.05) is 36.0 Å². The minimum atomic E-state index is -1.63. The van der Waals surface area contributed by atoms with Gasteiger partial charge in [0.2, 0.25) is 11.8 Å². The molecule has 1 unspecified atom stereocenters. The van der Waals surface area contributed by atoms with Gasteiger partial charge in [-0.25, -0.2) is 4.79 Å². The Kier molecular flexibility index (Phi) is 5.11. The third kappa shape index (κ3) is 3.23. The largest absolute Gasteiger partial charge is 0.492 e. The molecular weight excluding hydrogens is 442 g/mol. The van der Waals surface area contributed by atoms with Gasteiger partial charge in [0.25, 0.3) is 5.69 Å². The van der Waals surface area contributed by atoms with Crippen molar-refractivity contribution in [3.8, 4) is 5.75 Å². The lowest BCUT2D eigenvalue weighted by Gasteiger charge is -2.54. The highest BCUT2D eigenvalue weighted by Crippen LogP contribution is 2.46. The molecular formula is C23H23N5O6. The topological polar surface area (TPSA) is 134 Å². The zero-order chi connectivity index (χ0) is 24.0. The molecule has 2 aromatic rings. The van der Waals surface area contributed by atoms with E-state index < -0.39 is 34.2 Å². The number of barbiturate groups is 1. The number of non-ortho nitro benzene ring substituents is 1. The summed E-state index contributed by atoms with van der Waals surface area (Å²) in [6.07, 6.45) is -0.0585. The summed E-state index contributed by atoms with van der Waals surface area (Å²) in [5.41, 5.74) is 0.366. The Labute approximate surface area is 194 Å². The van der Waals surface area contributed by atoms with Crippen molar-refractivity contribution in [3.63, 3.8) is 0 Å². The summed E-state index contributed by atoms with van der Waals surface area (Å²) >= 11 is 0. The van der Waals surface area contributed by atoms with Crippen LogP contribution in [0.4, 0.5) is 21.9 Å². The van der Waals surface area contributed by atoms with E-state index in [1.165, 1.54) is 12.1 Å².